The molecule has 4 heterocycles. The Morgan fingerprint density at radius 2 is 1.79 bits per heavy atom. The van der Waals surface area contributed by atoms with Crippen LogP contribution in [-0.4, -0.2) is 46.6 Å². The number of aromatic nitrogens is 3. The molecule has 1 aliphatic rings. The molecule has 214 valence electrons. The zero-order valence-corrected chi connectivity index (χ0v) is 23.8. The van der Waals surface area contributed by atoms with Gasteiger partial charge in [-0.3, -0.25) is 14.2 Å². The number of amides is 1. The number of halogens is 2. The van der Waals surface area contributed by atoms with Crippen molar-refractivity contribution in [3.8, 4) is 16.9 Å². The van der Waals surface area contributed by atoms with Crippen molar-refractivity contribution in [3.63, 3.8) is 0 Å². The maximum absolute atomic E-state index is 15.1. The molecule has 42 heavy (non-hydrogen) atoms. The zero-order valence-electron chi connectivity index (χ0n) is 23.0. The van der Waals surface area contributed by atoms with Crippen molar-refractivity contribution in [2.75, 3.05) is 30.4 Å². The predicted octanol–water partition coefficient (Wildman–Crippen LogP) is 5.54. The number of carbonyl (C=O) groups excluding carboxylic acids is 1. The molecule has 0 spiro atoms. The lowest BCUT2D eigenvalue weighted by atomic mass is 10.0. The molecule has 0 atom stereocenters. The van der Waals surface area contributed by atoms with Gasteiger partial charge >= 0.3 is 0 Å². The van der Waals surface area contributed by atoms with Crippen LogP contribution < -0.4 is 21.1 Å². The minimum absolute atomic E-state index is 0.0920. The first kappa shape index (κ1) is 27.7. The minimum Gasteiger partial charge on any atom is -0.341 e. The average molecular weight is 587 g/mol. The molecular weight excluding hydrogens is 558 g/mol. The van der Waals surface area contributed by atoms with Crippen LogP contribution in [-0.2, 0) is 0 Å². The second-order valence-electron chi connectivity index (χ2n) is 10.2. The van der Waals surface area contributed by atoms with Crippen LogP contribution in [0.2, 0.25) is 0 Å². The lowest BCUT2D eigenvalue weighted by molar-refractivity contribution is 0.102. The van der Waals surface area contributed by atoms with E-state index in [0.29, 0.717) is 53.0 Å². The third-order valence-electron chi connectivity index (χ3n) is 7.62. The number of pyridine rings is 1. The molecule has 1 amide bonds. The number of para-hydroxylation sites is 1. The fourth-order valence-electron chi connectivity index (χ4n) is 5.29. The molecule has 1 fully saturated rings. The lowest BCUT2D eigenvalue weighted by Gasteiger charge is -2.32. The van der Waals surface area contributed by atoms with Gasteiger partial charge in [0.2, 0.25) is 5.95 Å². The summed E-state index contributed by atoms with van der Waals surface area (Å²) in [6.07, 6.45) is 1.72. The van der Waals surface area contributed by atoms with E-state index >= 15 is 8.78 Å². The lowest BCUT2D eigenvalue weighted by Crippen LogP contribution is -2.42. The van der Waals surface area contributed by atoms with Gasteiger partial charge in [-0.05, 0) is 74.2 Å². The van der Waals surface area contributed by atoms with E-state index in [1.54, 1.807) is 23.6 Å². The normalized spacial score (nSPS) is 14.0. The van der Waals surface area contributed by atoms with Gasteiger partial charge in [-0.1, -0.05) is 12.1 Å². The highest BCUT2D eigenvalue weighted by Gasteiger charge is 2.25. The second kappa shape index (κ2) is 11.4. The van der Waals surface area contributed by atoms with Gasteiger partial charge in [0.15, 0.2) is 5.65 Å². The molecule has 0 aliphatic carbocycles. The molecule has 3 aromatic heterocycles. The quantitative estimate of drug-likeness (QED) is 0.272. The van der Waals surface area contributed by atoms with Gasteiger partial charge in [-0.25, -0.2) is 13.8 Å². The van der Waals surface area contributed by atoms with E-state index in [1.165, 1.54) is 23.5 Å². The summed E-state index contributed by atoms with van der Waals surface area (Å²) in [4.78, 5) is 37.7. The number of thiophene rings is 1. The number of rotatable bonds is 6. The number of fused-ring (bicyclic) bond motifs is 1. The summed E-state index contributed by atoms with van der Waals surface area (Å²) in [6.45, 7) is 3.24. The molecule has 11 heteroatoms. The van der Waals surface area contributed by atoms with Crippen LogP contribution >= 0.6 is 11.3 Å². The van der Waals surface area contributed by atoms with Crippen molar-refractivity contribution >= 4 is 39.9 Å². The summed E-state index contributed by atoms with van der Waals surface area (Å²) in [5.74, 6) is -1.64. The molecule has 0 radical (unpaired) electrons. The van der Waals surface area contributed by atoms with Gasteiger partial charge in [0.05, 0.1) is 11.3 Å². The summed E-state index contributed by atoms with van der Waals surface area (Å²) in [5, 5.41) is 10.3. The number of benzene rings is 2. The molecule has 5 aromatic rings. The number of piperidine rings is 1. The van der Waals surface area contributed by atoms with E-state index in [0.717, 1.165) is 35.1 Å². The highest BCUT2D eigenvalue weighted by Crippen LogP contribution is 2.34. The highest BCUT2D eigenvalue weighted by molar-refractivity contribution is 7.08. The number of anilines is 2. The first-order valence-corrected chi connectivity index (χ1v) is 14.5. The minimum atomic E-state index is -0.879. The van der Waals surface area contributed by atoms with E-state index in [-0.39, 0.29) is 11.6 Å². The molecular formula is C31H28F2N6O2S. The first-order valence-electron chi connectivity index (χ1n) is 13.6. The molecule has 0 unspecified atom stereocenters. The highest BCUT2D eigenvalue weighted by atomic mass is 32.1. The van der Waals surface area contributed by atoms with Crippen LogP contribution in [0.5, 0.6) is 0 Å². The van der Waals surface area contributed by atoms with Crippen LogP contribution in [0.3, 0.4) is 0 Å². The number of nitrogens with zero attached hydrogens (tertiary/aromatic N) is 4. The van der Waals surface area contributed by atoms with E-state index in [9.17, 15) is 9.59 Å². The van der Waals surface area contributed by atoms with Crippen LogP contribution in [0.25, 0.3) is 28.0 Å². The van der Waals surface area contributed by atoms with Gasteiger partial charge < -0.3 is 15.5 Å². The third-order valence-corrected chi connectivity index (χ3v) is 8.30. The van der Waals surface area contributed by atoms with Gasteiger partial charge in [0.1, 0.15) is 17.3 Å². The number of hydrogen-bond acceptors (Lipinski definition) is 7. The average Bonchev–Trinajstić information content (AvgIpc) is 3.54. The smallest absolute Gasteiger partial charge is 0.256 e. The standard InChI is InChI=1S/C31H28F2N6O2S/c1-18-6-7-21(35-30(41)19-12-15-42-17-19)16-23(18)27-22-8-9-26(40)39(28-24(32)4-3-5-25(28)33)29(22)37-31(36-27)38-13-10-20(34-2)11-14-38/h3-9,12,15-17,20,34H,10-11,13-14H2,1-2H3,(H,35,41). The van der Waals surface area contributed by atoms with E-state index in [2.05, 4.69) is 10.6 Å². The Kier molecular flexibility index (Phi) is 7.53. The van der Waals surface area contributed by atoms with E-state index in [1.807, 2.05) is 36.4 Å². The number of hydrogen-bond donors (Lipinski definition) is 2. The number of carbonyl (C=O) groups is 1. The van der Waals surface area contributed by atoms with Crippen molar-refractivity contribution in [3.05, 3.63) is 98.5 Å². The van der Waals surface area contributed by atoms with Crippen molar-refractivity contribution in [1.82, 2.24) is 19.9 Å². The monoisotopic (exact) mass is 586 g/mol. The zero-order chi connectivity index (χ0) is 29.4. The molecule has 1 saturated heterocycles. The van der Waals surface area contributed by atoms with E-state index in [4.69, 9.17) is 9.97 Å². The molecule has 2 aromatic carbocycles. The Labute approximate surface area is 244 Å². The summed E-state index contributed by atoms with van der Waals surface area (Å²) < 4.78 is 31.1. The summed E-state index contributed by atoms with van der Waals surface area (Å²) in [5.41, 5.74) is 2.13. The SMILES string of the molecule is CNC1CCN(c2nc(-c3cc(NC(=O)c4ccsc4)ccc3C)c3ccc(=O)n(-c4c(F)cccc4F)c3n2)CC1. The van der Waals surface area contributed by atoms with Crippen molar-refractivity contribution in [2.45, 2.75) is 25.8 Å². The van der Waals surface area contributed by atoms with E-state index < -0.39 is 22.9 Å². The van der Waals surface area contributed by atoms with Crippen LogP contribution in [0, 0.1) is 18.6 Å². The van der Waals surface area contributed by atoms with Crippen molar-refractivity contribution in [1.29, 1.82) is 0 Å². The van der Waals surface area contributed by atoms with Gasteiger partial charge in [-0.15, -0.1) is 0 Å². The Balaban J connectivity index is 1.56. The fraction of sp³-hybridized carbons (Fsp3) is 0.226. The molecule has 8 nitrogen and oxygen atoms in total. The fourth-order valence-corrected chi connectivity index (χ4v) is 5.92. The second-order valence-corrected chi connectivity index (χ2v) is 11.0. The Morgan fingerprint density at radius 3 is 2.48 bits per heavy atom. The van der Waals surface area contributed by atoms with Gasteiger partial charge in [0, 0.05) is 47.2 Å². The molecule has 2 N–H and O–H groups in total. The topological polar surface area (TPSA) is 92.1 Å². The van der Waals surface area contributed by atoms with Gasteiger partial charge in [0.25, 0.3) is 11.5 Å². The molecule has 6 rings (SSSR count). The van der Waals surface area contributed by atoms with Crippen LogP contribution in [0.4, 0.5) is 20.4 Å². The summed E-state index contributed by atoms with van der Waals surface area (Å²) in [7, 11) is 1.93. The van der Waals surface area contributed by atoms with Crippen molar-refractivity contribution < 1.29 is 13.6 Å². The van der Waals surface area contributed by atoms with Crippen molar-refractivity contribution in [2.24, 2.45) is 0 Å². The van der Waals surface area contributed by atoms with Crippen LogP contribution in [0.15, 0.2) is 70.2 Å². The summed E-state index contributed by atoms with van der Waals surface area (Å²) in [6, 6.07) is 13.9. The Bertz CT molecular complexity index is 1830. The predicted molar refractivity (Wildman–Crippen MR) is 162 cm³/mol. The number of aryl methyl sites for hydroxylation is 1. The molecule has 0 saturated carbocycles. The van der Waals surface area contributed by atoms with Gasteiger partial charge in [-0.2, -0.15) is 16.3 Å². The Hall–Kier alpha value is -4.48. The van der Waals surface area contributed by atoms with Crippen LogP contribution in [0.1, 0.15) is 28.8 Å². The maximum atomic E-state index is 15.1. The third kappa shape index (κ3) is 5.17. The largest absolute Gasteiger partial charge is 0.341 e. The summed E-state index contributed by atoms with van der Waals surface area (Å²) >= 11 is 1.43. The number of nitrogens with one attached hydrogen (secondary N) is 2. The first-order chi connectivity index (χ1) is 20.3. The maximum Gasteiger partial charge on any atom is 0.256 e. The molecule has 0 bridgehead atoms. The Morgan fingerprint density at radius 1 is 1.02 bits per heavy atom. The molecule has 1 aliphatic heterocycles.